The molecule has 0 radical (unpaired) electrons. The molecule has 8 heteroatoms. The number of aliphatic hydroxyl groups is 3. The van der Waals surface area contributed by atoms with Crippen LogP contribution in [0.3, 0.4) is 0 Å². The summed E-state index contributed by atoms with van der Waals surface area (Å²) >= 11 is 5.89. The first kappa shape index (κ1) is 17.4. The molecular weight excluding hydrogens is 320 g/mol. The lowest BCUT2D eigenvalue weighted by Gasteiger charge is -2.17. The van der Waals surface area contributed by atoms with E-state index < -0.39 is 18.8 Å². The molecule has 2 rings (SSSR count). The van der Waals surface area contributed by atoms with Crippen LogP contribution >= 0.6 is 11.6 Å². The lowest BCUT2D eigenvalue weighted by molar-refractivity contribution is -0.0173. The van der Waals surface area contributed by atoms with Crippen molar-refractivity contribution < 1.29 is 15.3 Å². The Morgan fingerprint density at radius 1 is 1.04 bits per heavy atom. The average Bonchev–Trinajstić information content (AvgIpc) is 2.52. The highest BCUT2D eigenvalue weighted by Gasteiger charge is 2.18. The largest absolute Gasteiger partial charge is 0.394 e. The van der Waals surface area contributed by atoms with Gasteiger partial charge in [0.1, 0.15) is 11.9 Å². The second kappa shape index (κ2) is 7.56. The van der Waals surface area contributed by atoms with Crippen LogP contribution in [0.25, 0.3) is 11.1 Å². The summed E-state index contributed by atoms with van der Waals surface area (Å²) in [5.41, 5.74) is 13.6. The van der Waals surface area contributed by atoms with E-state index in [1.165, 1.54) is 0 Å². The molecule has 0 unspecified atom stereocenters. The van der Waals surface area contributed by atoms with Crippen molar-refractivity contribution in [3.63, 3.8) is 0 Å². The van der Waals surface area contributed by atoms with Crippen LogP contribution in [-0.4, -0.2) is 44.1 Å². The summed E-state index contributed by atoms with van der Waals surface area (Å²) in [6.45, 7) is -0.515. The molecule has 2 atom stereocenters. The maximum atomic E-state index is 9.78. The number of nitrogens with zero attached hydrogens (tertiary/aromatic N) is 2. The molecule has 0 aliphatic heterocycles. The van der Waals surface area contributed by atoms with E-state index in [0.717, 1.165) is 5.56 Å². The second-order valence-electron chi connectivity index (χ2n) is 5.15. The van der Waals surface area contributed by atoms with Crippen LogP contribution in [0.2, 0.25) is 5.02 Å². The summed E-state index contributed by atoms with van der Waals surface area (Å²) in [5, 5.41) is 28.7. The van der Waals surface area contributed by atoms with Gasteiger partial charge in [-0.1, -0.05) is 23.7 Å². The quantitative estimate of drug-likeness (QED) is 0.520. The van der Waals surface area contributed by atoms with E-state index in [4.69, 9.17) is 28.2 Å². The molecule has 1 heterocycles. The SMILES string of the molecule is Nc1nc(N)c(-c2ccc(Cl)cc2)c(CC[C@@H](O)[C@@H](O)CO)n1. The average molecular weight is 339 g/mol. The van der Waals surface area contributed by atoms with E-state index in [2.05, 4.69) is 9.97 Å². The van der Waals surface area contributed by atoms with Crippen LogP contribution in [0.5, 0.6) is 0 Å². The number of aryl methyl sites for hydroxylation is 1. The molecule has 0 saturated heterocycles. The van der Waals surface area contributed by atoms with Crippen molar-refractivity contribution in [3.8, 4) is 11.1 Å². The number of aliphatic hydroxyl groups excluding tert-OH is 3. The minimum atomic E-state index is -1.20. The standard InChI is InChI=1S/C15H19ClN4O3/c16-9-3-1-8(2-4-9)13-10(19-15(18)20-14(13)17)5-6-11(22)12(23)7-21/h1-4,11-12,21-23H,5-7H2,(H4,17,18,19,20)/t11-,12+/m1/s1. The number of benzene rings is 1. The van der Waals surface area contributed by atoms with Crippen molar-refractivity contribution in [2.45, 2.75) is 25.0 Å². The molecule has 1 aromatic carbocycles. The fourth-order valence-electron chi connectivity index (χ4n) is 2.26. The summed E-state index contributed by atoms with van der Waals surface area (Å²) in [7, 11) is 0. The van der Waals surface area contributed by atoms with Gasteiger partial charge in [0.2, 0.25) is 5.95 Å². The topological polar surface area (TPSA) is 139 Å². The van der Waals surface area contributed by atoms with Crippen LogP contribution in [0, 0.1) is 0 Å². The Balaban J connectivity index is 2.33. The number of rotatable bonds is 6. The van der Waals surface area contributed by atoms with E-state index in [9.17, 15) is 10.2 Å². The maximum Gasteiger partial charge on any atom is 0.222 e. The molecule has 23 heavy (non-hydrogen) atoms. The Kier molecular flexibility index (Phi) is 5.73. The first-order valence-corrected chi connectivity index (χ1v) is 7.45. The van der Waals surface area contributed by atoms with Gasteiger partial charge in [0.25, 0.3) is 0 Å². The van der Waals surface area contributed by atoms with Gasteiger partial charge in [-0.2, -0.15) is 4.98 Å². The van der Waals surface area contributed by atoms with Gasteiger partial charge in [0.15, 0.2) is 0 Å². The van der Waals surface area contributed by atoms with Crippen molar-refractivity contribution in [2.75, 3.05) is 18.1 Å². The van der Waals surface area contributed by atoms with E-state index in [0.29, 0.717) is 22.7 Å². The molecule has 7 nitrogen and oxygen atoms in total. The molecule has 124 valence electrons. The molecular formula is C15H19ClN4O3. The van der Waals surface area contributed by atoms with Crippen molar-refractivity contribution in [1.29, 1.82) is 0 Å². The van der Waals surface area contributed by atoms with Crippen LogP contribution in [0.1, 0.15) is 12.1 Å². The first-order valence-electron chi connectivity index (χ1n) is 7.07. The molecule has 0 bridgehead atoms. The number of anilines is 2. The minimum Gasteiger partial charge on any atom is -0.394 e. The van der Waals surface area contributed by atoms with Crippen molar-refractivity contribution in [2.24, 2.45) is 0 Å². The predicted octanol–water partition coefficient (Wildman–Crippen LogP) is 0.608. The van der Waals surface area contributed by atoms with Gasteiger partial charge in [-0.3, -0.25) is 0 Å². The first-order chi connectivity index (χ1) is 10.9. The Morgan fingerprint density at radius 3 is 2.30 bits per heavy atom. The highest BCUT2D eigenvalue weighted by molar-refractivity contribution is 6.30. The van der Waals surface area contributed by atoms with E-state index in [1.807, 2.05) is 0 Å². The third-order valence-electron chi connectivity index (χ3n) is 3.47. The third kappa shape index (κ3) is 4.29. The van der Waals surface area contributed by atoms with Gasteiger partial charge in [-0.15, -0.1) is 0 Å². The smallest absolute Gasteiger partial charge is 0.222 e. The molecule has 0 saturated carbocycles. The Labute approximate surface area is 138 Å². The number of halogens is 1. The third-order valence-corrected chi connectivity index (χ3v) is 3.72. The van der Waals surface area contributed by atoms with Crippen molar-refractivity contribution in [1.82, 2.24) is 9.97 Å². The van der Waals surface area contributed by atoms with Gasteiger partial charge in [0, 0.05) is 10.6 Å². The fourth-order valence-corrected chi connectivity index (χ4v) is 2.38. The van der Waals surface area contributed by atoms with Gasteiger partial charge in [-0.05, 0) is 30.5 Å². The van der Waals surface area contributed by atoms with Crippen LogP contribution in [0.4, 0.5) is 11.8 Å². The van der Waals surface area contributed by atoms with Gasteiger partial charge < -0.3 is 26.8 Å². The molecule has 7 N–H and O–H groups in total. The highest BCUT2D eigenvalue weighted by Crippen LogP contribution is 2.30. The second-order valence-corrected chi connectivity index (χ2v) is 5.59. The predicted molar refractivity (Wildman–Crippen MR) is 88.7 cm³/mol. The van der Waals surface area contributed by atoms with Crippen LogP contribution in [0.15, 0.2) is 24.3 Å². The molecule has 0 fully saturated rings. The molecule has 0 aliphatic carbocycles. The number of hydrogen-bond donors (Lipinski definition) is 5. The van der Waals surface area contributed by atoms with E-state index in [1.54, 1.807) is 24.3 Å². The zero-order chi connectivity index (χ0) is 17.0. The van der Waals surface area contributed by atoms with Gasteiger partial charge in [-0.25, -0.2) is 4.98 Å². The normalized spacial score (nSPS) is 13.7. The molecule has 0 aliphatic rings. The van der Waals surface area contributed by atoms with Crippen molar-refractivity contribution in [3.05, 3.63) is 35.0 Å². The van der Waals surface area contributed by atoms with Crippen molar-refractivity contribution >= 4 is 23.4 Å². The molecule has 0 amide bonds. The summed E-state index contributed by atoms with van der Waals surface area (Å²) in [6.07, 6.45) is -1.77. The van der Waals surface area contributed by atoms with E-state index in [-0.39, 0.29) is 18.2 Å². The number of aromatic nitrogens is 2. The van der Waals surface area contributed by atoms with Crippen LogP contribution in [-0.2, 0) is 6.42 Å². The van der Waals surface area contributed by atoms with Gasteiger partial charge >= 0.3 is 0 Å². The minimum absolute atomic E-state index is 0.0346. The number of nitrogens with two attached hydrogens (primary N) is 2. The zero-order valence-corrected chi connectivity index (χ0v) is 13.1. The maximum absolute atomic E-state index is 9.78. The monoisotopic (exact) mass is 338 g/mol. The number of nitrogen functional groups attached to an aromatic ring is 2. The van der Waals surface area contributed by atoms with Crippen LogP contribution < -0.4 is 11.5 Å². The summed E-state index contributed by atoms with van der Waals surface area (Å²) < 4.78 is 0. The summed E-state index contributed by atoms with van der Waals surface area (Å²) in [5.74, 6) is 0.263. The summed E-state index contributed by atoms with van der Waals surface area (Å²) in [6, 6.07) is 7.02. The highest BCUT2D eigenvalue weighted by atomic mass is 35.5. The Morgan fingerprint density at radius 2 is 1.70 bits per heavy atom. The lowest BCUT2D eigenvalue weighted by atomic mass is 9.99. The number of hydrogen-bond acceptors (Lipinski definition) is 7. The van der Waals surface area contributed by atoms with Gasteiger partial charge in [0.05, 0.1) is 18.4 Å². The lowest BCUT2D eigenvalue weighted by Crippen LogP contribution is -2.29. The zero-order valence-electron chi connectivity index (χ0n) is 12.4. The fraction of sp³-hybridized carbons (Fsp3) is 0.333. The Hall–Kier alpha value is -1.93. The van der Waals surface area contributed by atoms with E-state index >= 15 is 0 Å². The molecule has 2 aromatic rings. The molecule has 1 aromatic heterocycles. The Bertz CT molecular complexity index is 667. The molecule has 0 spiro atoms. The summed E-state index contributed by atoms with van der Waals surface area (Å²) in [4.78, 5) is 8.16.